The van der Waals surface area contributed by atoms with Crippen molar-refractivity contribution < 1.29 is 8.42 Å². The summed E-state index contributed by atoms with van der Waals surface area (Å²) in [4.78, 5) is 0. The van der Waals surface area contributed by atoms with Gasteiger partial charge in [-0.25, -0.2) is 8.42 Å². The largest absolute Gasteiger partial charge is 0.314 e. The third-order valence-electron chi connectivity index (χ3n) is 3.59. The fourth-order valence-electron chi connectivity index (χ4n) is 2.46. The Morgan fingerprint density at radius 3 is 2.50 bits per heavy atom. The van der Waals surface area contributed by atoms with Crippen LogP contribution in [0.25, 0.3) is 11.4 Å². The molecule has 124 valence electrons. The predicted molar refractivity (Wildman–Crippen MR) is 93.8 cm³/mol. The first-order chi connectivity index (χ1) is 11.6. The number of nitrogens with zero attached hydrogens (tertiary/aromatic N) is 3. The number of sulfonamides is 1. The van der Waals surface area contributed by atoms with E-state index in [2.05, 4.69) is 14.9 Å². The van der Waals surface area contributed by atoms with Gasteiger partial charge in [0, 0.05) is 12.1 Å². The van der Waals surface area contributed by atoms with E-state index in [-0.39, 0.29) is 5.75 Å². The minimum atomic E-state index is -3.53. The van der Waals surface area contributed by atoms with E-state index in [1.807, 2.05) is 41.8 Å². The van der Waals surface area contributed by atoms with Crippen LogP contribution in [0.1, 0.15) is 12.5 Å². The predicted octanol–water partition coefficient (Wildman–Crippen LogP) is 2.91. The molecule has 1 aromatic heterocycles. The Labute approximate surface area is 141 Å². The lowest BCUT2D eigenvalue weighted by molar-refractivity contribution is 0.600. The molecule has 1 N–H and O–H groups in total. The highest BCUT2D eigenvalue weighted by atomic mass is 32.2. The first-order valence-corrected chi connectivity index (χ1v) is 9.26. The van der Waals surface area contributed by atoms with Crippen LogP contribution in [-0.2, 0) is 22.3 Å². The van der Waals surface area contributed by atoms with Crippen molar-refractivity contribution >= 4 is 15.7 Å². The molecule has 2 aromatic carbocycles. The van der Waals surface area contributed by atoms with E-state index in [4.69, 9.17) is 0 Å². The van der Waals surface area contributed by atoms with Crippen LogP contribution < -0.4 is 4.72 Å². The van der Waals surface area contributed by atoms with Crippen LogP contribution in [0.3, 0.4) is 0 Å². The van der Waals surface area contributed by atoms with Gasteiger partial charge in [0.1, 0.15) is 6.33 Å². The summed E-state index contributed by atoms with van der Waals surface area (Å²) >= 11 is 0. The number of rotatable bonds is 6. The third-order valence-corrected chi connectivity index (χ3v) is 4.83. The highest BCUT2D eigenvalue weighted by Crippen LogP contribution is 2.27. The summed E-state index contributed by atoms with van der Waals surface area (Å²) in [5.74, 6) is 0.554. The lowest BCUT2D eigenvalue weighted by Crippen LogP contribution is -2.16. The number of aryl methyl sites for hydroxylation is 1. The maximum atomic E-state index is 12.5. The minimum absolute atomic E-state index is 0.0807. The molecule has 0 radical (unpaired) electrons. The lowest BCUT2D eigenvalue weighted by atomic mass is 10.1. The van der Waals surface area contributed by atoms with Crippen molar-refractivity contribution in [2.75, 3.05) is 4.72 Å². The van der Waals surface area contributed by atoms with E-state index >= 15 is 0 Å². The molecule has 0 spiro atoms. The second-order valence-electron chi connectivity index (χ2n) is 5.33. The van der Waals surface area contributed by atoms with E-state index in [1.54, 1.807) is 30.6 Å². The van der Waals surface area contributed by atoms with Crippen LogP contribution in [-0.4, -0.2) is 23.2 Å². The summed E-state index contributed by atoms with van der Waals surface area (Å²) in [5, 5.41) is 8.02. The topological polar surface area (TPSA) is 76.9 Å². The van der Waals surface area contributed by atoms with Crippen molar-refractivity contribution in [3.8, 4) is 11.4 Å². The zero-order valence-corrected chi connectivity index (χ0v) is 14.1. The molecule has 0 unspecified atom stereocenters. The molecule has 1 heterocycles. The van der Waals surface area contributed by atoms with Crippen molar-refractivity contribution in [1.29, 1.82) is 0 Å². The molecule has 0 aliphatic rings. The third kappa shape index (κ3) is 3.62. The van der Waals surface area contributed by atoms with Gasteiger partial charge < -0.3 is 4.57 Å². The van der Waals surface area contributed by atoms with Crippen molar-refractivity contribution in [1.82, 2.24) is 14.8 Å². The Morgan fingerprint density at radius 1 is 1.04 bits per heavy atom. The van der Waals surface area contributed by atoms with E-state index < -0.39 is 10.0 Å². The first kappa shape index (κ1) is 16.2. The van der Waals surface area contributed by atoms with Crippen LogP contribution in [0.15, 0.2) is 60.9 Å². The van der Waals surface area contributed by atoms with Crippen molar-refractivity contribution in [3.63, 3.8) is 0 Å². The Balaban J connectivity index is 1.91. The number of benzene rings is 2. The zero-order valence-electron chi connectivity index (χ0n) is 13.3. The minimum Gasteiger partial charge on any atom is -0.314 e. The Kier molecular flexibility index (Phi) is 4.61. The fraction of sp³-hybridized carbons (Fsp3) is 0.176. The van der Waals surface area contributed by atoms with Gasteiger partial charge in [0.2, 0.25) is 10.0 Å². The van der Waals surface area contributed by atoms with Crippen LogP contribution in [0, 0.1) is 0 Å². The number of anilines is 1. The molecule has 7 heteroatoms. The first-order valence-electron chi connectivity index (χ1n) is 7.60. The molecule has 24 heavy (non-hydrogen) atoms. The van der Waals surface area contributed by atoms with Crippen molar-refractivity contribution in [2.24, 2.45) is 0 Å². The summed E-state index contributed by atoms with van der Waals surface area (Å²) in [6, 6.07) is 16.3. The SMILES string of the molecule is CCn1cnnc1-c1ccccc1NS(=O)(=O)Cc1ccccc1. The Morgan fingerprint density at radius 2 is 1.75 bits per heavy atom. The smallest absolute Gasteiger partial charge is 0.236 e. The zero-order chi connectivity index (χ0) is 17.0. The highest BCUT2D eigenvalue weighted by molar-refractivity contribution is 7.91. The van der Waals surface area contributed by atoms with E-state index in [1.165, 1.54) is 0 Å². The fourth-order valence-corrected chi connectivity index (χ4v) is 3.68. The normalized spacial score (nSPS) is 11.4. The maximum absolute atomic E-state index is 12.5. The molecule has 6 nitrogen and oxygen atoms in total. The summed E-state index contributed by atoms with van der Waals surface area (Å²) in [5.41, 5.74) is 1.93. The van der Waals surface area contributed by atoms with Crippen LogP contribution in [0.4, 0.5) is 5.69 Å². The molecule has 0 atom stereocenters. The molecule has 0 bridgehead atoms. The molecular weight excluding hydrogens is 324 g/mol. The van der Waals surface area contributed by atoms with E-state index in [0.29, 0.717) is 23.6 Å². The van der Waals surface area contributed by atoms with Crippen molar-refractivity contribution in [3.05, 3.63) is 66.5 Å². The summed E-state index contributed by atoms with van der Waals surface area (Å²) in [6.07, 6.45) is 1.63. The van der Waals surface area contributed by atoms with Crippen LogP contribution in [0.5, 0.6) is 0 Å². The van der Waals surface area contributed by atoms with E-state index in [9.17, 15) is 8.42 Å². The Bertz CT molecular complexity index is 921. The van der Waals surface area contributed by atoms with Gasteiger partial charge in [0.15, 0.2) is 5.82 Å². The average molecular weight is 342 g/mol. The van der Waals surface area contributed by atoms with Gasteiger partial charge in [-0.1, -0.05) is 42.5 Å². The van der Waals surface area contributed by atoms with E-state index in [0.717, 1.165) is 5.56 Å². The summed E-state index contributed by atoms with van der Waals surface area (Å²) in [6.45, 7) is 2.68. The molecule has 0 amide bonds. The van der Waals surface area contributed by atoms with Crippen molar-refractivity contribution in [2.45, 2.75) is 19.2 Å². The standard InChI is InChI=1S/C17H18N4O2S/c1-2-21-13-18-19-17(21)15-10-6-7-11-16(15)20-24(22,23)12-14-8-4-3-5-9-14/h3-11,13,20H,2,12H2,1H3. The quantitative estimate of drug-likeness (QED) is 0.747. The van der Waals surface area contributed by atoms with Crippen LogP contribution in [0.2, 0.25) is 0 Å². The Hall–Kier alpha value is -2.67. The number of hydrogen-bond acceptors (Lipinski definition) is 4. The van der Waals surface area contributed by atoms with Gasteiger partial charge in [-0.05, 0) is 24.6 Å². The van der Waals surface area contributed by atoms with Gasteiger partial charge in [0.05, 0.1) is 11.4 Å². The molecule has 0 saturated heterocycles. The summed E-state index contributed by atoms with van der Waals surface area (Å²) in [7, 11) is -3.53. The molecule has 0 aliphatic heterocycles. The van der Waals surface area contributed by atoms with Gasteiger partial charge in [-0.15, -0.1) is 10.2 Å². The number of nitrogens with one attached hydrogen (secondary N) is 1. The molecule has 3 rings (SSSR count). The number of para-hydroxylation sites is 1. The van der Waals surface area contributed by atoms with Gasteiger partial charge >= 0.3 is 0 Å². The molecule has 3 aromatic rings. The highest BCUT2D eigenvalue weighted by Gasteiger charge is 2.16. The van der Waals surface area contributed by atoms with Gasteiger partial charge in [-0.2, -0.15) is 0 Å². The second kappa shape index (κ2) is 6.84. The number of aromatic nitrogens is 3. The van der Waals surface area contributed by atoms with Gasteiger partial charge in [0.25, 0.3) is 0 Å². The molecular formula is C17H18N4O2S. The maximum Gasteiger partial charge on any atom is 0.236 e. The molecule has 0 fully saturated rings. The molecule has 0 saturated carbocycles. The van der Waals surface area contributed by atoms with Gasteiger partial charge in [-0.3, -0.25) is 4.72 Å². The monoisotopic (exact) mass is 342 g/mol. The average Bonchev–Trinajstić information content (AvgIpc) is 3.04. The second-order valence-corrected chi connectivity index (χ2v) is 7.06. The molecule has 0 aliphatic carbocycles. The van der Waals surface area contributed by atoms with Crippen LogP contribution >= 0.6 is 0 Å². The number of hydrogen-bond donors (Lipinski definition) is 1. The lowest BCUT2D eigenvalue weighted by Gasteiger charge is -2.12. The summed E-state index contributed by atoms with van der Waals surface area (Å²) < 4.78 is 29.5.